The van der Waals surface area contributed by atoms with Crippen molar-refractivity contribution < 1.29 is 9.84 Å². The molecule has 8 bridgehead atoms. The van der Waals surface area contributed by atoms with Crippen molar-refractivity contribution in [1.29, 1.82) is 0 Å². The Morgan fingerprint density at radius 1 is 0.381 bits per heavy atom. The SMILES string of the molecule is OCOc1cccc(-c2c3nc(c(-c4cccc5ccccc45)c4ccc([nH]4)c(-c4cccc5ccccc45)c4nc(c(-c5cccc6ccccc56)c5ccc2[nH]5)C=C4)C=C3)c1. The van der Waals surface area contributed by atoms with Crippen molar-refractivity contribution in [2.75, 3.05) is 6.79 Å². The number of aliphatic hydroxyl groups excluding tert-OH is 1. The van der Waals surface area contributed by atoms with Gasteiger partial charge >= 0.3 is 0 Å². The average Bonchev–Trinajstić information content (AvgIpc) is 4.18. The number of fused-ring (bicyclic) bond motifs is 11. The highest BCUT2D eigenvalue weighted by Crippen LogP contribution is 2.42. The Morgan fingerprint density at radius 3 is 1.17 bits per heavy atom. The number of nitrogens with one attached hydrogen (secondary N) is 2. The first-order valence-corrected chi connectivity index (χ1v) is 21.1. The predicted octanol–water partition coefficient (Wildman–Crippen LogP) is 14.1. The summed E-state index contributed by atoms with van der Waals surface area (Å²) in [4.78, 5) is 18.9. The second-order valence-corrected chi connectivity index (χ2v) is 15.9. The summed E-state index contributed by atoms with van der Waals surface area (Å²) in [5.41, 5.74) is 15.0. The number of aromatic amines is 2. The Hall–Kier alpha value is -8.32. The Bertz CT molecular complexity index is 3630. The molecule has 2 aliphatic heterocycles. The third-order valence-corrected chi connectivity index (χ3v) is 12.3. The van der Waals surface area contributed by atoms with Crippen LogP contribution in [0.4, 0.5) is 0 Å². The number of benzene rings is 7. The highest BCUT2D eigenvalue weighted by molar-refractivity contribution is 6.09. The lowest BCUT2D eigenvalue weighted by atomic mass is 9.97. The molecule has 0 saturated carbocycles. The molecule has 0 saturated heterocycles. The van der Waals surface area contributed by atoms with Crippen LogP contribution in [0.15, 0.2) is 176 Å². The van der Waals surface area contributed by atoms with E-state index in [9.17, 15) is 5.11 Å². The van der Waals surface area contributed by atoms with E-state index in [2.05, 4.69) is 192 Å². The fourth-order valence-electron chi connectivity index (χ4n) is 9.51. The number of H-pyrrole nitrogens is 2. The summed E-state index contributed by atoms with van der Waals surface area (Å²) in [7, 11) is 0. The van der Waals surface area contributed by atoms with Crippen molar-refractivity contribution in [3.8, 4) is 50.3 Å². The summed E-state index contributed by atoms with van der Waals surface area (Å²) in [6.45, 7) is -0.427. The van der Waals surface area contributed by atoms with Crippen LogP contribution in [0.2, 0.25) is 0 Å². The summed E-state index contributed by atoms with van der Waals surface area (Å²) in [5, 5.41) is 16.6. The molecular formula is C57H38N4O2. The van der Waals surface area contributed by atoms with E-state index >= 15 is 0 Å². The van der Waals surface area contributed by atoms with Gasteiger partial charge in [0.1, 0.15) is 5.75 Å². The van der Waals surface area contributed by atoms with E-state index in [1.165, 1.54) is 0 Å². The van der Waals surface area contributed by atoms with Crippen LogP contribution in [0, 0.1) is 0 Å². The van der Waals surface area contributed by atoms with Crippen molar-refractivity contribution in [3.63, 3.8) is 0 Å². The number of hydrogen-bond acceptors (Lipinski definition) is 4. The first-order valence-electron chi connectivity index (χ1n) is 21.1. The molecule has 0 spiro atoms. The number of aliphatic hydroxyl groups is 1. The topological polar surface area (TPSA) is 86.8 Å². The van der Waals surface area contributed by atoms with Crippen molar-refractivity contribution in [2.45, 2.75) is 0 Å². The van der Waals surface area contributed by atoms with Gasteiger partial charge in [-0.15, -0.1) is 0 Å². The maximum absolute atomic E-state index is 9.75. The highest BCUT2D eigenvalue weighted by atomic mass is 16.6. The molecule has 2 aliphatic rings. The largest absolute Gasteiger partial charge is 0.468 e. The molecule has 0 fully saturated rings. The molecule has 0 atom stereocenters. The van der Waals surface area contributed by atoms with Crippen LogP contribution in [-0.4, -0.2) is 31.8 Å². The molecule has 3 N–H and O–H groups in total. The molecule has 6 heteroatoms. The molecule has 298 valence electrons. The summed E-state index contributed by atoms with van der Waals surface area (Å²) < 4.78 is 5.62. The zero-order valence-corrected chi connectivity index (χ0v) is 34.0. The second-order valence-electron chi connectivity index (χ2n) is 15.9. The minimum atomic E-state index is -0.427. The number of aromatic nitrogens is 4. The highest BCUT2D eigenvalue weighted by Gasteiger charge is 2.21. The van der Waals surface area contributed by atoms with E-state index in [0.717, 1.165) is 122 Å². The molecule has 5 heterocycles. The lowest BCUT2D eigenvalue weighted by molar-refractivity contribution is 0.0986. The monoisotopic (exact) mass is 810 g/mol. The van der Waals surface area contributed by atoms with Gasteiger partial charge in [0.15, 0.2) is 6.79 Å². The number of rotatable bonds is 6. The minimum absolute atomic E-state index is 0.427. The first-order chi connectivity index (χ1) is 31.2. The molecule has 0 aliphatic carbocycles. The Morgan fingerprint density at radius 2 is 0.746 bits per heavy atom. The standard InChI is InChI=1S/C57H38N4O2/c62-34-63-39-18-7-17-38(33-39)54-46-25-27-48(58-46)55(43-22-8-14-35-11-1-4-19-40(35)43)50-29-31-52(60-50)57(45-24-10-16-37-13-3-6-21-42(37)45)53-32-30-51(61-53)56(49-28-26-47(54)59-49)44-23-9-15-36-12-2-5-20-41(36)44/h1-33,58,61-62H,34H2. The van der Waals surface area contributed by atoms with Gasteiger partial charge in [-0.1, -0.05) is 140 Å². The molecule has 6 nitrogen and oxygen atoms in total. The van der Waals surface area contributed by atoms with Crippen LogP contribution >= 0.6 is 0 Å². The summed E-state index contributed by atoms with van der Waals surface area (Å²) in [6, 6.07) is 61.5. The first kappa shape index (κ1) is 36.5. The van der Waals surface area contributed by atoms with Gasteiger partial charge in [-0.3, -0.25) is 0 Å². The maximum Gasteiger partial charge on any atom is 0.186 e. The van der Waals surface area contributed by atoms with Gasteiger partial charge in [0, 0.05) is 44.3 Å². The van der Waals surface area contributed by atoms with Crippen LogP contribution in [0.1, 0.15) is 22.8 Å². The van der Waals surface area contributed by atoms with Gasteiger partial charge in [0.25, 0.3) is 0 Å². The van der Waals surface area contributed by atoms with Gasteiger partial charge in [0.2, 0.25) is 0 Å². The predicted molar refractivity (Wildman–Crippen MR) is 261 cm³/mol. The molecule has 0 unspecified atom stereocenters. The smallest absolute Gasteiger partial charge is 0.186 e. The molecule has 3 aromatic heterocycles. The van der Waals surface area contributed by atoms with Gasteiger partial charge in [-0.05, 0) is 115 Å². The summed E-state index contributed by atoms with van der Waals surface area (Å²) in [5.74, 6) is 0.560. The van der Waals surface area contributed by atoms with E-state index in [4.69, 9.17) is 14.7 Å². The lowest BCUT2D eigenvalue weighted by Gasteiger charge is -2.10. The van der Waals surface area contributed by atoms with E-state index in [0.29, 0.717) is 5.75 Å². The molecular weight excluding hydrogens is 773 g/mol. The van der Waals surface area contributed by atoms with Gasteiger partial charge in [-0.25, -0.2) is 9.97 Å². The minimum Gasteiger partial charge on any atom is -0.468 e. The maximum atomic E-state index is 9.75. The third-order valence-electron chi connectivity index (χ3n) is 12.3. The quantitative estimate of drug-likeness (QED) is 0.146. The van der Waals surface area contributed by atoms with Crippen molar-refractivity contribution in [3.05, 3.63) is 199 Å². The number of hydrogen-bond donors (Lipinski definition) is 3. The molecule has 12 rings (SSSR count). The van der Waals surface area contributed by atoms with Crippen LogP contribution in [-0.2, 0) is 0 Å². The van der Waals surface area contributed by atoms with Crippen LogP contribution in [0.3, 0.4) is 0 Å². The van der Waals surface area contributed by atoms with Crippen molar-refractivity contribution >= 4 is 78.7 Å². The Kier molecular flexibility index (Phi) is 8.69. The van der Waals surface area contributed by atoms with E-state index in [1.54, 1.807) is 0 Å². The van der Waals surface area contributed by atoms with Gasteiger partial charge in [0.05, 0.1) is 22.8 Å². The van der Waals surface area contributed by atoms with E-state index in [-0.39, 0.29) is 0 Å². The lowest BCUT2D eigenvalue weighted by Crippen LogP contribution is -1.95. The molecule has 0 radical (unpaired) electrons. The van der Waals surface area contributed by atoms with E-state index < -0.39 is 6.79 Å². The number of ether oxygens (including phenoxy) is 1. The van der Waals surface area contributed by atoms with Crippen molar-refractivity contribution in [2.24, 2.45) is 0 Å². The fourth-order valence-corrected chi connectivity index (χ4v) is 9.51. The number of nitrogens with zero attached hydrogens (tertiary/aromatic N) is 2. The summed E-state index contributed by atoms with van der Waals surface area (Å²) >= 11 is 0. The average molecular weight is 811 g/mol. The third kappa shape index (κ3) is 6.23. The van der Waals surface area contributed by atoms with Gasteiger partial charge < -0.3 is 19.8 Å². The van der Waals surface area contributed by atoms with Crippen LogP contribution in [0.25, 0.3) is 123 Å². The molecule has 10 aromatic rings. The Labute approximate surface area is 362 Å². The summed E-state index contributed by atoms with van der Waals surface area (Å²) in [6.07, 6.45) is 8.53. The normalized spacial score (nSPS) is 12.1. The van der Waals surface area contributed by atoms with Crippen LogP contribution < -0.4 is 4.74 Å². The van der Waals surface area contributed by atoms with Crippen LogP contribution in [0.5, 0.6) is 5.75 Å². The molecule has 0 amide bonds. The van der Waals surface area contributed by atoms with E-state index in [1.807, 2.05) is 18.2 Å². The van der Waals surface area contributed by atoms with Crippen molar-refractivity contribution in [1.82, 2.24) is 19.9 Å². The van der Waals surface area contributed by atoms with Gasteiger partial charge in [-0.2, -0.15) is 0 Å². The molecule has 63 heavy (non-hydrogen) atoms. The fraction of sp³-hybridized carbons (Fsp3) is 0.0175. The molecule has 7 aromatic carbocycles. The Balaban J connectivity index is 1.28. The second kappa shape index (κ2) is 15.0. The zero-order valence-electron chi connectivity index (χ0n) is 34.0. The zero-order chi connectivity index (χ0) is 41.9.